The van der Waals surface area contributed by atoms with Crippen molar-refractivity contribution in [1.82, 2.24) is 4.98 Å². The molecule has 2 rings (SSSR count). The number of pyridine rings is 1. The molecular formula is C17H18N2O4S. The van der Waals surface area contributed by atoms with Gasteiger partial charge in [-0.05, 0) is 25.5 Å². The van der Waals surface area contributed by atoms with E-state index in [0.29, 0.717) is 22.5 Å². The molecule has 0 N–H and O–H groups in total. The molecule has 1 unspecified atom stereocenters. The summed E-state index contributed by atoms with van der Waals surface area (Å²) in [4.78, 5) is 4.75. The number of hydrogen-bond donors (Lipinski definition) is 0. The third kappa shape index (κ3) is 3.62. The van der Waals surface area contributed by atoms with Gasteiger partial charge in [-0.15, -0.1) is 0 Å². The highest BCUT2D eigenvalue weighted by molar-refractivity contribution is 7.73. The zero-order valence-electron chi connectivity index (χ0n) is 13.7. The Kier molecular flexibility index (Phi) is 6.04. The maximum Gasteiger partial charge on any atom is 0.218 e. The number of aryl methyl sites for hydroxylation is 1. The van der Waals surface area contributed by atoms with E-state index in [9.17, 15) is 13.7 Å². The second-order valence-electron chi connectivity index (χ2n) is 5.29. The van der Waals surface area contributed by atoms with Gasteiger partial charge >= 0.3 is 0 Å². The monoisotopic (exact) mass is 346 g/mol. The molecule has 0 radical (unpaired) electrons. The number of nitrogens with zero attached hydrogens (tertiary/aromatic N) is 2. The van der Waals surface area contributed by atoms with Gasteiger partial charge in [0, 0.05) is 12.7 Å². The van der Waals surface area contributed by atoms with E-state index < -0.39 is 16.2 Å². The first kappa shape index (κ1) is 18.1. The molecule has 0 aliphatic heterocycles. The van der Waals surface area contributed by atoms with Crippen LogP contribution in [-0.2, 0) is 26.4 Å². The third-order valence-corrected chi connectivity index (χ3v) is 4.59. The molecule has 6 nitrogen and oxygen atoms in total. The smallest absolute Gasteiger partial charge is 0.218 e. The van der Waals surface area contributed by atoms with E-state index in [2.05, 4.69) is 11.1 Å². The maximum absolute atomic E-state index is 11.5. The van der Waals surface area contributed by atoms with Crippen LogP contribution in [0.5, 0.6) is 0 Å². The van der Waals surface area contributed by atoms with Gasteiger partial charge in [0.05, 0.1) is 34.3 Å². The Morgan fingerprint density at radius 3 is 2.71 bits per heavy atom. The fourth-order valence-corrected chi connectivity index (χ4v) is 3.25. The molecule has 7 heteroatoms. The molecule has 1 aromatic rings. The predicted molar refractivity (Wildman–Crippen MR) is 90.0 cm³/mol. The first-order valence-corrected chi connectivity index (χ1v) is 8.36. The van der Waals surface area contributed by atoms with Crippen LogP contribution in [0, 0.1) is 25.2 Å². The Morgan fingerprint density at radius 1 is 1.33 bits per heavy atom. The number of allylic oxidation sites excluding steroid dienone is 4. The molecule has 1 aromatic heterocycles. The molecule has 1 atom stereocenters. The minimum atomic E-state index is -2.36. The molecule has 0 aromatic carbocycles. The van der Waals surface area contributed by atoms with Gasteiger partial charge in [-0.2, -0.15) is 13.7 Å². The van der Waals surface area contributed by atoms with Gasteiger partial charge < -0.3 is 9.47 Å². The second kappa shape index (κ2) is 8.02. The molecule has 0 amide bonds. The molecule has 1 heterocycles. The molecule has 0 spiro atoms. The lowest BCUT2D eigenvalue weighted by Gasteiger charge is -2.21. The summed E-state index contributed by atoms with van der Waals surface area (Å²) in [7, 11) is -0.844. The number of ether oxygens (including phenoxy) is 2. The molecule has 24 heavy (non-hydrogen) atoms. The average molecular weight is 346 g/mol. The molecular weight excluding hydrogens is 328 g/mol. The van der Waals surface area contributed by atoms with Crippen LogP contribution in [0.3, 0.4) is 0 Å². The quantitative estimate of drug-likeness (QED) is 0.460. The molecule has 0 saturated carbocycles. The van der Waals surface area contributed by atoms with Crippen molar-refractivity contribution in [1.29, 1.82) is 5.26 Å². The van der Waals surface area contributed by atoms with E-state index in [1.807, 2.05) is 6.92 Å². The highest BCUT2D eigenvalue weighted by Gasteiger charge is 2.25. The summed E-state index contributed by atoms with van der Waals surface area (Å²) in [6.45, 7) is 3.84. The molecule has 0 saturated heterocycles. The molecule has 1 aliphatic carbocycles. The van der Waals surface area contributed by atoms with Crippen molar-refractivity contribution >= 4 is 15.2 Å². The maximum atomic E-state index is 11.5. The summed E-state index contributed by atoms with van der Waals surface area (Å²) in [6, 6.07) is 2.15. The summed E-state index contributed by atoms with van der Waals surface area (Å²) in [5, 5.41) is 9.35. The van der Waals surface area contributed by atoms with Crippen molar-refractivity contribution < 1.29 is 17.9 Å². The van der Waals surface area contributed by atoms with E-state index in [1.54, 1.807) is 31.2 Å². The largest absolute Gasteiger partial charge is 0.359 e. The van der Waals surface area contributed by atoms with Crippen LogP contribution in [0.25, 0.3) is 0 Å². The summed E-state index contributed by atoms with van der Waals surface area (Å²) < 4.78 is 33.4. The van der Waals surface area contributed by atoms with E-state index in [1.165, 1.54) is 7.11 Å². The van der Waals surface area contributed by atoms with Gasteiger partial charge in [0.25, 0.3) is 0 Å². The van der Waals surface area contributed by atoms with Crippen molar-refractivity contribution in [2.45, 2.75) is 26.4 Å². The standard InChI is InChI=1S/C17H18N2O4S/c1-11-14(8-18)12(2)19-17(15(11)9-23-10-22-3)13-6-4-5-7-16(13)24(20)21/h4-7,13H,9-10H2,1-3H3. The van der Waals surface area contributed by atoms with E-state index in [0.717, 1.165) is 5.56 Å². The summed E-state index contributed by atoms with van der Waals surface area (Å²) >= 11 is 0. The molecule has 0 fully saturated rings. The van der Waals surface area contributed by atoms with Crippen molar-refractivity contribution in [3.05, 3.63) is 52.4 Å². The fraction of sp³-hybridized carbons (Fsp3) is 0.353. The lowest BCUT2D eigenvalue weighted by Crippen LogP contribution is -2.18. The van der Waals surface area contributed by atoms with Crippen LogP contribution >= 0.6 is 0 Å². The van der Waals surface area contributed by atoms with E-state index in [-0.39, 0.29) is 18.3 Å². The first-order chi connectivity index (χ1) is 11.5. The number of nitriles is 1. The minimum absolute atomic E-state index is 0.0963. The molecule has 1 aliphatic rings. The topological polar surface area (TPSA) is 89.3 Å². The zero-order chi connectivity index (χ0) is 17.7. The van der Waals surface area contributed by atoms with Crippen molar-refractivity contribution in [2.75, 3.05) is 13.9 Å². The lowest BCUT2D eigenvalue weighted by atomic mass is 9.89. The Bertz CT molecular complexity index is 869. The van der Waals surface area contributed by atoms with Crippen LogP contribution in [0.1, 0.15) is 34.0 Å². The van der Waals surface area contributed by atoms with E-state index >= 15 is 0 Å². The zero-order valence-corrected chi connectivity index (χ0v) is 14.6. The Labute approximate surface area is 142 Å². The highest BCUT2D eigenvalue weighted by Crippen LogP contribution is 2.29. The number of methoxy groups -OCH3 is 1. The van der Waals surface area contributed by atoms with E-state index in [4.69, 9.17) is 9.47 Å². The molecule has 126 valence electrons. The van der Waals surface area contributed by atoms with Crippen molar-refractivity contribution in [3.63, 3.8) is 0 Å². The summed E-state index contributed by atoms with van der Waals surface area (Å²) in [5.74, 6) is -0.500. The second-order valence-corrected chi connectivity index (χ2v) is 6.23. The number of rotatable bonds is 5. The predicted octanol–water partition coefficient (Wildman–Crippen LogP) is 1.95. The SMILES string of the molecule is COCOCc1c(C2C=CC=CC2=S(=O)=O)nc(C)c(C#N)c1C. The Morgan fingerprint density at radius 2 is 2.08 bits per heavy atom. The normalized spacial score (nSPS) is 16.2. The number of aromatic nitrogens is 1. The van der Waals surface area contributed by atoms with Gasteiger partial charge in [0.15, 0.2) is 0 Å². The summed E-state index contributed by atoms with van der Waals surface area (Å²) in [6.07, 6.45) is 6.79. The van der Waals surface area contributed by atoms with Crippen LogP contribution in [0.2, 0.25) is 0 Å². The average Bonchev–Trinajstić information content (AvgIpc) is 2.57. The minimum Gasteiger partial charge on any atom is -0.359 e. The number of hydrogen-bond acceptors (Lipinski definition) is 6. The van der Waals surface area contributed by atoms with Gasteiger partial charge in [-0.3, -0.25) is 4.98 Å². The van der Waals surface area contributed by atoms with Crippen LogP contribution in [0.15, 0.2) is 24.3 Å². The Hall–Kier alpha value is -2.27. The van der Waals surface area contributed by atoms with Crippen LogP contribution in [0.4, 0.5) is 0 Å². The first-order valence-electron chi connectivity index (χ1n) is 7.29. The van der Waals surface area contributed by atoms with Crippen LogP contribution in [-0.4, -0.2) is 32.2 Å². The van der Waals surface area contributed by atoms with Gasteiger partial charge in [-0.25, -0.2) is 0 Å². The van der Waals surface area contributed by atoms with Gasteiger partial charge in [0.1, 0.15) is 12.9 Å². The fourth-order valence-electron chi connectivity index (χ4n) is 2.66. The van der Waals surface area contributed by atoms with Crippen molar-refractivity contribution in [3.8, 4) is 6.07 Å². The van der Waals surface area contributed by atoms with Gasteiger partial charge in [0.2, 0.25) is 10.3 Å². The summed E-state index contributed by atoms with van der Waals surface area (Å²) in [5.41, 5.74) is 3.09. The third-order valence-electron chi connectivity index (χ3n) is 3.81. The van der Waals surface area contributed by atoms with Crippen LogP contribution < -0.4 is 0 Å². The van der Waals surface area contributed by atoms with Crippen molar-refractivity contribution in [2.24, 2.45) is 0 Å². The lowest BCUT2D eigenvalue weighted by molar-refractivity contribution is -0.0395. The molecule has 0 bridgehead atoms. The highest BCUT2D eigenvalue weighted by atomic mass is 32.2. The van der Waals surface area contributed by atoms with Gasteiger partial charge in [-0.1, -0.05) is 18.2 Å². The Balaban J connectivity index is 2.64.